The second-order valence-corrected chi connectivity index (χ2v) is 5.51. The molecule has 108 valence electrons. The van der Waals surface area contributed by atoms with Crippen molar-refractivity contribution in [3.05, 3.63) is 26.9 Å². The van der Waals surface area contributed by atoms with Crippen LogP contribution in [0.1, 0.15) is 19.3 Å². The van der Waals surface area contributed by atoms with E-state index in [2.05, 4.69) is 26.2 Å². The summed E-state index contributed by atoms with van der Waals surface area (Å²) in [4.78, 5) is 25.6. The summed E-state index contributed by atoms with van der Waals surface area (Å²) in [5, 5.41) is 13.8. The third-order valence-electron chi connectivity index (χ3n) is 3.35. The Balaban J connectivity index is 2.01. The van der Waals surface area contributed by atoms with Gasteiger partial charge in [0, 0.05) is 12.1 Å². The zero-order valence-corrected chi connectivity index (χ0v) is 12.4. The maximum absolute atomic E-state index is 11.4. The van der Waals surface area contributed by atoms with Gasteiger partial charge in [-0.15, -0.1) is 0 Å². The van der Waals surface area contributed by atoms with E-state index in [1.807, 2.05) is 0 Å². The van der Waals surface area contributed by atoms with Gasteiger partial charge in [0.2, 0.25) is 0 Å². The molecule has 0 saturated heterocycles. The minimum absolute atomic E-state index is 0.0683. The van der Waals surface area contributed by atoms with E-state index in [1.165, 1.54) is 19.4 Å². The van der Waals surface area contributed by atoms with Gasteiger partial charge in [0.1, 0.15) is 12.0 Å². The Morgan fingerprint density at radius 3 is 2.95 bits per heavy atom. The van der Waals surface area contributed by atoms with Crippen molar-refractivity contribution in [3.63, 3.8) is 0 Å². The smallest absolute Gasteiger partial charge is 0.308 e. The Bertz CT molecular complexity index is 537. The maximum Gasteiger partial charge on any atom is 0.308 e. The molecule has 0 aliphatic heterocycles. The van der Waals surface area contributed by atoms with Crippen molar-refractivity contribution in [2.24, 2.45) is 5.92 Å². The van der Waals surface area contributed by atoms with Crippen molar-refractivity contribution < 1.29 is 14.5 Å². The van der Waals surface area contributed by atoms with Crippen LogP contribution >= 0.6 is 15.9 Å². The molecule has 0 bridgehead atoms. The number of nitro groups is 1. The molecule has 8 heteroatoms. The second-order valence-electron chi connectivity index (χ2n) is 4.66. The van der Waals surface area contributed by atoms with Gasteiger partial charge in [-0.25, -0.2) is 4.98 Å². The summed E-state index contributed by atoms with van der Waals surface area (Å²) in [5.74, 6) is 0.269. The van der Waals surface area contributed by atoms with Crippen LogP contribution in [-0.4, -0.2) is 29.0 Å². The van der Waals surface area contributed by atoms with Crippen LogP contribution in [0.3, 0.4) is 0 Å². The minimum Gasteiger partial charge on any atom is -0.469 e. The highest BCUT2D eigenvalue weighted by atomic mass is 79.9. The number of ether oxygens (including phenoxy) is 1. The molecule has 7 nitrogen and oxygen atoms in total. The summed E-state index contributed by atoms with van der Waals surface area (Å²) < 4.78 is 5.27. The number of hydrogen-bond donors (Lipinski definition) is 1. The molecule has 1 N–H and O–H groups in total. The van der Waals surface area contributed by atoms with Crippen LogP contribution < -0.4 is 5.32 Å². The van der Waals surface area contributed by atoms with E-state index < -0.39 is 4.92 Å². The molecule has 1 saturated carbocycles. The molecule has 1 aromatic heterocycles. The lowest BCUT2D eigenvalue weighted by Crippen LogP contribution is -2.19. The molecule has 2 rings (SSSR count). The van der Waals surface area contributed by atoms with Gasteiger partial charge in [-0.05, 0) is 35.2 Å². The SMILES string of the molecule is COC(=O)[C@H]1CC[C@@H](Nc2ncc([N+](=O)[O-])cc2Br)C1. The number of methoxy groups -OCH3 is 1. The average Bonchev–Trinajstić information content (AvgIpc) is 2.88. The highest BCUT2D eigenvalue weighted by Crippen LogP contribution is 2.31. The Morgan fingerprint density at radius 2 is 2.35 bits per heavy atom. The predicted molar refractivity (Wildman–Crippen MR) is 75.4 cm³/mol. The molecular formula is C12H14BrN3O4. The van der Waals surface area contributed by atoms with E-state index in [4.69, 9.17) is 4.74 Å². The molecule has 1 heterocycles. The van der Waals surface area contributed by atoms with E-state index in [9.17, 15) is 14.9 Å². The molecule has 0 aromatic carbocycles. The van der Waals surface area contributed by atoms with Crippen LogP contribution in [0.2, 0.25) is 0 Å². The van der Waals surface area contributed by atoms with Gasteiger partial charge >= 0.3 is 5.97 Å². The van der Waals surface area contributed by atoms with Gasteiger partial charge < -0.3 is 10.1 Å². The third-order valence-corrected chi connectivity index (χ3v) is 3.95. The number of aromatic nitrogens is 1. The first-order chi connectivity index (χ1) is 9.51. The van der Waals surface area contributed by atoms with E-state index in [0.29, 0.717) is 16.7 Å². The first kappa shape index (κ1) is 14.7. The summed E-state index contributed by atoms with van der Waals surface area (Å²) in [5.41, 5.74) is -0.0683. The number of hydrogen-bond acceptors (Lipinski definition) is 6. The van der Waals surface area contributed by atoms with Crippen molar-refractivity contribution >= 4 is 33.4 Å². The van der Waals surface area contributed by atoms with Gasteiger partial charge in [-0.3, -0.25) is 14.9 Å². The Hall–Kier alpha value is -1.70. The first-order valence-corrected chi connectivity index (χ1v) is 6.95. The Labute approximate surface area is 124 Å². The molecule has 1 aliphatic carbocycles. The van der Waals surface area contributed by atoms with Gasteiger partial charge in [-0.2, -0.15) is 0 Å². The number of anilines is 1. The molecule has 1 aliphatic rings. The first-order valence-electron chi connectivity index (χ1n) is 6.15. The van der Waals surface area contributed by atoms with Gasteiger partial charge in [0.25, 0.3) is 5.69 Å². The molecular weight excluding hydrogens is 330 g/mol. The van der Waals surface area contributed by atoms with Gasteiger partial charge in [0.05, 0.1) is 22.4 Å². The summed E-state index contributed by atoms with van der Waals surface area (Å²) in [7, 11) is 1.39. The highest BCUT2D eigenvalue weighted by molar-refractivity contribution is 9.10. The number of nitrogens with one attached hydrogen (secondary N) is 1. The highest BCUT2D eigenvalue weighted by Gasteiger charge is 2.31. The quantitative estimate of drug-likeness (QED) is 0.512. The molecule has 0 amide bonds. The van der Waals surface area contributed by atoms with Crippen LogP contribution in [0.4, 0.5) is 11.5 Å². The van der Waals surface area contributed by atoms with E-state index in [1.54, 1.807) is 0 Å². The van der Waals surface area contributed by atoms with Crippen LogP contribution in [0.5, 0.6) is 0 Å². The summed E-state index contributed by atoms with van der Waals surface area (Å²) in [6, 6.07) is 1.52. The maximum atomic E-state index is 11.4. The number of pyridine rings is 1. The standard InChI is InChI=1S/C12H14BrN3O4/c1-20-12(17)7-2-3-8(4-7)15-11-10(13)5-9(6-14-11)16(18)19/h5-8H,2-4H2,1H3,(H,14,15)/t7-,8+/m0/s1. The van der Waals surface area contributed by atoms with Gasteiger partial charge in [-0.1, -0.05) is 0 Å². The predicted octanol–water partition coefficient (Wildman–Crippen LogP) is 2.51. The Kier molecular flexibility index (Phi) is 4.53. The third kappa shape index (κ3) is 3.24. The van der Waals surface area contributed by atoms with Crippen LogP contribution in [0, 0.1) is 16.0 Å². The topological polar surface area (TPSA) is 94.4 Å². The fourth-order valence-corrected chi connectivity index (χ4v) is 2.77. The Morgan fingerprint density at radius 1 is 1.60 bits per heavy atom. The summed E-state index contributed by atoms with van der Waals surface area (Å²) in [6.07, 6.45) is 3.50. The lowest BCUT2D eigenvalue weighted by molar-refractivity contribution is -0.385. The van der Waals surface area contributed by atoms with E-state index >= 15 is 0 Å². The van der Waals surface area contributed by atoms with Crippen molar-refractivity contribution in [2.75, 3.05) is 12.4 Å². The lowest BCUT2D eigenvalue weighted by atomic mass is 10.1. The average molecular weight is 344 g/mol. The van der Waals surface area contributed by atoms with E-state index in [-0.39, 0.29) is 23.6 Å². The number of carbonyl (C=O) groups excluding carboxylic acids is 1. The van der Waals surface area contributed by atoms with Crippen LogP contribution in [0.25, 0.3) is 0 Å². The molecule has 0 spiro atoms. The minimum atomic E-state index is -0.496. The zero-order chi connectivity index (χ0) is 14.7. The van der Waals surface area contributed by atoms with Crippen LogP contribution in [0.15, 0.2) is 16.7 Å². The normalized spacial score (nSPS) is 21.5. The van der Waals surface area contributed by atoms with Gasteiger partial charge in [0.15, 0.2) is 0 Å². The fraction of sp³-hybridized carbons (Fsp3) is 0.500. The second kappa shape index (κ2) is 6.17. The number of carbonyl (C=O) groups is 1. The molecule has 2 atom stereocenters. The molecule has 20 heavy (non-hydrogen) atoms. The number of halogens is 1. The molecule has 0 radical (unpaired) electrons. The molecule has 1 aromatic rings. The van der Waals surface area contributed by atoms with Crippen molar-refractivity contribution in [1.82, 2.24) is 4.98 Å². The van der Waals surface area contributed by atoms with Crippen molar-refractivity contribution in [1.29, 1.82) is 0 Å². The fourth-order valence-electron chi connectivity index (χ4n) is 2.32. The zero-order valence-electron chi connectivity index (χ0n) is 10.8. The number of nitrogens with zero attached hydrogens (tertiary/aromatic N) is 2. The van der Waals surface area contributed by atoms with Crippen molar-refractivity contribution in [2.45, 2.75) is 25.3 Å². The number of rotatable bonds is 4. The largest absolute Gasteiger partial charge is 0.469 e. The van der Waals surface area contributed by atoms with Crippen molar-refractivity contribution in [3.8, 4) is 0 Å². The summed E-state index contributed by atoms with van der Waals surface area (Å²) in [6.45, 7) is 0. The van der Waals surface area contributed by atoms with E-state index in [0.717, 1.165) is 12.8 Å². The summed E-state index contributed by atoms with van der Waals surface area (Å²) >= 11 is 3.26. The monoisotopic (exact) mass is 343 g/mol. The van der Waals surface area contributed by atoms with Crippen LogP contribution in [-0.2, 0) is 9.53 Å². The lowest BCUT2D eigenvalue weighted by Gasteiger charge is -2.14. The molecule has 0 unspecified atom stereocenters. The molecule has 1 fully saturated rings. The number of esters is 1.